The van der Waals surface area contributed by atoms with Crippen molar-refractivity contribution in [3.05, 3.63) is 69.7 Å². The maximum Gasteiger partial charge on any atom is 0.255 e. The molecule has 7 nitrogen and oxygen atoms in total. The van der Waals surface area contributed by atoms with Crippen molar-refractivity contribution in [2.24, 2.45) is 5.92 Å². The van der Waals surface area contributed by atoms with Gasteiger partial charge in [0.1, 0.15) is 12.1 Å². The van der Waals surface area contributed by atoms with Crippen LogP contribution in [0.2, 0.25) is 5.02 Å². The van der Waals surface area contributed by atoms with E-state index in [1.807, 2.05) is 51.1 Å². The molecule has 1 saturated heterocycles. The maximum atomic E-state index is 13.7. The van der Waals surface area contributed by atoms with Gasteiger partial charge in [-0.25, -0.2) is 0 Å². The molecule has 2 N–H and O–H groups in total. The number of β-amino-alcohol motifs (C(OH)–C–C–N with tert-alkyl or cyclic N) is 1. The number of nitrogens with zero attached hydrogens (tertiary/aromatic N) is 2. The zero-order valence-electron chi connectivity index (χ0n) is 19.6. The summed E-state index contributed by atoms with van der Waals surface area (Å²) in [5.74, 6) is -0.973. The number of hydrogen-bond donors (Lipinski definition) is 2. The molecule has 2 aliphatic rings. The Kier molecular flexibility index (Phi) is 6.96. The van der Waals surface area contributed by atoms with Crippen LogP contribution in [0.4, 0.5) is 0 Å². The zero-order valence-corrected chi connectivity index (χ0v) is 20.4. The van der Waals surface area contributed by atoms with Gasteiger partial charge < -0.3 is 20.2 Å². The van der Waals surface area contributed by atoms with Gasteiger partial charge in [0.15, 0.2) is 0 Å². The molecule has 3 atom stereocenters. The minimum atomic E-state index is -0.795. The lowest BCUT2D eigenvalue weighted by Crippen LogP contribution is -2.55. The number of hydrogen-bond acceptors (Lipinski definition) is 4. The van der Waals surface area contributed by atoms with Gasteiger partial charge in [0.2, 0.25) is 11.8 Å². The first-order valence-corrected chi connectivity index (χ1v) is 11.9. The van der Waals surface area contributed by atoms with Crippen LogP contribution in [0.15, 0.2) is 42.5 Å². The SMILES string of the molecule is Cc1cc(Cl)ccc1CNC(=O)[C@@H]1C[C@@H](O)CN1C(=O)[C@H](C(C)C)N1Cc2ccccc2C1=O. The predicted molar refractivity (Wildman–Crippen MR) is 129 cm³/mol. The molecule has 2 aromatic carbocycles. The molecule has 0 radical (unpaired) electrons. The summed E-state index contributed by atoms with van der Waals surface area (Å²) in [5.41, 5.74) is 3.38. The van der Waals surface area contributed by atoms with Crippen LogP contribution in [0, 0.1) is 12.8 Å². The fourth-order valence-electron chi connectivity index (χ4n) is 4.91. The first kappa shape index (κ1) is 24.2. The Morgan fingerprint density at radius 3 is 2.62 bits per heavy atom. The summed E-state index contributed by atoms with van der Waals surface area (Å²) in [6.45, 7) is 6.42. The van der Waals surface area contributed by atoms with Crippen molar-refractivity contribution in [3.63, 3.8) is 0 Å². The van der Waals surface area contributed by atoms with E-state index in [0.29, 0.717) is 23.7 Å². The van der Waals surface area contributed by atoms with Crippen LogP contribution in [0.1, 0.15) is 47.3 Å². The number of aliphatic hydroxyl groups is 1. The third-order valence-corrected chi connectivity index (χ3v) is 6.93. The molecule has 180 valence electrons. The quantitative estimate of drug-likeness (QED) is 0.661. The standard InChI is InChI=1S/C26H30ClN3O4/c1-15(2)23(30-13-18-6-4-5-7-21(18)25(30)33)26(34)29-14-20(31)11-22(29)24(32)28-12-17-8-9-19(27)10-16(17)3/h4-10,15,20,22-23,31H,11-14H2,1-3H3,(H,28,32)/t20-,22+,23+/m1/s1. The summed E-state index contributed by atoms with van der Waals surface area (Å²) in [4.78, 5) is 42.9. The first-order chi connectivity index (χ1) is 16.2. The van der Waals surface area contributed by atoms with Gasteiger partial charge in [-0.15, -0.1) is 0 Å². The third kappa shape index (κ3) is 4.68. The first-order valence-electron chi connectivity index (χ1n) is 11.6. The minimum absolute atomic E-state index is 0.0646. The van der Waals surface area contributed by atoms with E-state index in [4.69, 9.17) is 11.6 Å². The molecule has 2 heterocycles. The molecule has 4 rings (SSSR count). The highest BCUT2D eigenvalue weighted by molar-refractivity contribution is 6.30. The van der Waals surface area contributed by atoms with Crippen LogP contribution in [0.25, 0.3) is 0 Å². The number of nitrogens with one attached hydrogen (secondary N) is 1. The third-order valence-electron chi connectivity index (χ3n) is 6.69. The fourth-order valence-corrected chi connectivity index (χ4v) is 5.14. The molecular weight excluding hydrogens is 454 g/mol. The summed E-state index contributed by atoms with van der Waals surface area (Å²) in [7, 11) is 0. The number of benzene rings is 2. The number of aryl methyl sites for hydroxylation is 1. The molecule has 8 heteroatoms. The van der Waals surface area contributed by atoms with Crippen LogP contribution in [-0.4, -0.2) is 57.4 Å². The summed E-state index contributed by atoms with van der Waals surface area (Å²) >= 11 is 6.01. The van der Waals surface area contributed by atoms with Gasteiger partial charge in [-0.1, -0.05) is 49.7 Å². The van der Waals surface area contributed by atoms with Gasteiger partial charge in [-0.2, -0.15) is 0 Å². The molecular formula is C26H30ClN3O4. The molecule has 0 spiro atoms. The smallest absolute Gasteiger partial charge is 0.255 e. The molecule has 0 aromatic heterocycles. The molecule has 0 aliphatic carbocycles. The van der Waals surface area contributed by atoms with Gasteiger partial charge in [-0.05, 0) is 47.7 Å². The second-order valence-electron chi connectivity index (χ2n) is 9.46. The number of carbonyl (C=O) groups is 3. The summed E-state index contributed by atoms with van der Waals surface area (Å²) in [5, 5.41) is 13.9. The fraction of sp³-hybridized carbons (Fsp3) is 0.423. The summed E-state index contributed by atoms with van der Waals surface area (Å²) in [6, 6.07) is 11.3. The van der Waals surface area contributed by atoms with E-state index in [0.717, 1.165) is 16.7 Å². The summed E-state index contributed by atoms with van der Waals surface area (Å²) in [6.07, 6.45) is -0.632. The minimum Gasteiger partial charge on any atom is -0.391 e. The number of rotatable bonds is 6. The predicted octanol–water partition coefficient (Wildman–Crippen LogP) is 2.91. The van der Waals surface area contributed by atoms with Gasteiger partial charge in [-0.3, -0.25) is 14.4 Å². The highest BCUT2D eigenvalue weighted by Crippen LogP contribution is 2.30. The number of halogens is 1. The van der Waals surface area contributed by atoms with Crippen molar-refractivity contribution in [2.45, 2.75) is 58.5 Å². The molecule has 3 amide bonds. The van der Waals surface area contributed by atoms with Crippen molar-refractivity contribution in [1.29, 1.82) is 0 Å². The number of carbonyl (C=O) groups excluding carboxylic acids is 3. The van der Waals surface area contributed by atoms with Crippen LogP contribution in [-0.2, 0) is 22.7 Å². The number of fused-ring (bicyclic) bond motifs is 1. The lowest BCUT2D eigenvalue weighted by atomic mass is 10.0. The van der Waals surface area contributed by atoms with E-state index < -0.39 is 18.2 Å². The molecule has 2 aromatic rings. The van der Waals surface area contributed by atoms with E-state index in [2.05, 4.69) is 5.32 Å². The monoisotopic (exact) mass is 483 g/mol. The Labute approximate surface area is 204 Å². The van der Waals surface area contributed by atoms with Crippen molar-refractivity contribution < 1.29 is 19.5 Å². The molecule has 34 heavy (non-hydrogen) atoms. The molecule has 0 bridgehead atoms. The van der Waals surface area contributed by atoms with Crippen LogP contribution in [0.3, 0.4) is 0 Å². The van der Waals surface area contributed by atoms with E-state index in [9.17, 15) is 19.5 Å². The van der Waals surface area contributed by atoms with Gasteiger partial charge in [0.25, 0.3) is 5.91 Å². The lowest BCUT2D eigenvalue weighted by Gasteiger charge is -2.35. The average molecular weight is 484 g/mol. The van der Waals surface area contributed by atoms with Crippen LogP contribution in [0.5, 0.6) is 0 Å². The Balaban J connectivity index is 1.51. The van der Waals surface area contributed by atoms with Crippen LogP contribution >= 0.6 is 11.6 Å². The van der Waals surface area contributed by atoms with Crippen molar-refractivity contribution in [3.8, 4) is 0 Å². The van der Waals surface area contributed by atoms with Crippen molar-refractivity contribution in [2.75, 3.05) is 6.54 Å². The Bertz CT molecular complexity index is 1120. The zero-order chi connectivity index (χ0) is 24.6. The van der Waals surface area contributed by atoms with E-state index in [1.165, 1.54) is 4.90 Å². The molecule has 2 aliphatic heterocycles. The number of amides is 3. The second-order valence-corrected chi connectivity index (χ2v) is 9.90. The topological polar surface area (TPSA) is 89.9 Å². The Morgan fingerprint density at radius 2 is 1.94 bits per heavy atom. The summed E-state index contributed by atoms with van der Waals surface area (Å²) < 4.78 is 0. The van der Waals surface area contributed by atoms with Gasteiger partial charge in [0, 0.05) is 36.6 Å². The molecule has 1 fully saturated rings. The number of aliphatic hydroxyl groups excluding tert-OH is 1. The second kappa shape index (κ2) is 9.76. The highest BCUT2D eigenvalue weighted by atomic mass is 35.5. The molecule has 0 unspecified atom stereocenters. The van der Waals surface area contributed by atoms with E-state index >= 15 is 0 Å². The van der Waals surface area contributed by atoms with E-state index in [1.54, 1.807) is 17.0 Å². The molecule has 0 saturated carbocycles. The van der Waals surface area contributed by atoms with Crippen molar-refractivity contribution >= 4 is 29.3 Å². The number of likely N-dealkylation sites (tertiary alicyclic amines) is 1. The van der Waals surface area contributed by atoms with Crippen LogP contribution < -0.4 is 5.32 Å². The van der Waals surface area contributed by atoms with Gasteiger partial charge in [0.05, 0.1) is 6.10 Å². The average Bonchev–Trinajstić information content (AvgIpc) is 3.33. The maximum absolute atomic E-state index is 13.7. The normalized spacial score (nSPS) is 20.6. The lowest BCUT2D eigenvalue weighted by molar-refractivity contribution is -0.143. The Morgan fingerprint density at radius 1 is 1.21 bits per heavy atom. The highest BCUT2D eigenvalue weighted by Gasteiger charge is 2.45. The largest absolute Gasteiger partial charge is 0.391 e. The van der Waals surface area contributed by atoms with Crippen molar-refractivity contribution in [1.82, 2.24) is 15.1 Å². The van der Waals surface area contributed by atoms with E-state index in [-0.39, 0.29) is 36.6 Å². The Hall–Kier alpha value is -2.90. The van der Waals surface area contributed by atoms with Gasteiger partial charge >= 0.3 is 0 Å².